The number of carbonyl (C=O) groups excluding carboxylic acids is 1. The molecular weight excluding hydrogens is 376 g/mol. The maximum absolute atomic E-state index is 12.6. The summed E-state index contributed by atoms with van der Waals surface area (Å²) < 4.78 is 31.4. The Bertz CT molecular complexity index is 926. The van der Waals surface area contributed by atoms with E-state index in [1.165, 1.54) is 15.4 Å². The van der Waals surface area contributed by atoms with Crippen LogP contribution in [-0.4, -0.2) is 39.8 Å². The summed E-state index contributed by atoms with van der Waals surface area (Å²) in [6.07, 6.45) is 2.46. The topological polar surface area (TPSA) is 75.7 Å². The summed E-state index contributed by atoms with van der Waals surface area (Å²) in [4.78, 5) is 12.6. The Hall–Kier alpha value is -2.54. The summed E-state index contributed by atoms with van der Waals surface area (Å²) in [6, 6.07) is 15.3. The summed E-state index contributed by atoms with van der Waals surface area (Å²) in [6.45, 7) is 2.81. The molecule has 0 saturated heterocycles. The minimum absolute atomic E-state index is 0.206. The van der Waals surface area contributed by atoms with Gasteiger partial charge in [0.15, 0.2) is 6.10 Å². The third kappa shape index (κ3) is 5.04. The molecule has 0 bridgehead atoms. The maximum atomic E-state index is 12.6. The van der Waals surface area contributed by atoms with Crippen molar-refractivity contribution in [1.82, 2.24) is 5.32 Å². The summed E-state index contributed by atoms with van der Waals surface area (Å²) in [5, 5.41) is 2.91. The number of carbonyl (C=O) groups is 1. The van der Waals surface area contributed by atoms with Crippen LogP contribution in [0.1, 0.15) is 24.0 Å². The predicted molar refractivity (Wildman–Crippen MR) is 110 cm³/mol. The van der Waals surface area contributed by atoms with E-state index in [4.69, 9.17) is 4.74 Å². The smallest absolute Gasteiger partial charge is 0.261 e. The van der Waals surface area contributed by atoms with E-state index in [1.54, 1.807) is 24.3 Å². The lowest BCUT2D eigenvalue weighted by molar-refractivity contribution is -0.128. The predicted octanol–water partition coefficient (Wildman–Crippen LogP) is 2.66. The highest BCUT2D eigenvalue weighted by molar-refractivity contribution is 7.92. The monoisotopic (exact) mass is 402 g/mol. The number of hydrogen-bond donors (Lipinski definition) is 1. The first-order chi connectivity index (χ1) is 13.3. The van der Waals surface area contributed by atoms with Crippen LogP contribution in [0.15, 0.2) is 48.5 Å². The van der Waals surface area contributed by atoms with Crippen molar-refractivity contribution in [2.45, 2.75) is 32.3 Å². The number of ether oxygens (including phenoxy) is 1. The van der Waals surface area contributed by atoms with E-state index in [-0.39, 0.29) is 12.5 Å². The average Bonchev–Trinajstić information content (AvgIpc) is 2.86. The van der Waals surface area contributed by atoms with Gasteiger partial charge in [-0.3, -0.25) is 9.10 Å². The van der Waals surface area contributed by atoms with Crippen molar-refractivity contribution < 1.29 is 17.9 Å². The standard InChI is InChI=1S/C21H26N2O4S/c1-16-9-11-17(12-10-16)6-5-14-22-21(24)20-13-15-23(28(2,25)26)18-7-3-4-8-19(18)27-20/h3-4,7-12,20H,5-6,13-15H2,1-2H3,(H,22,24)/t20-/m0/s1. The van der Waals surface area contributed by atoms with Crippen molar-refractivity contribution in [3.63, 3.8) is 0 Å². The lowest BCUT2D eigenvalue weighted by atomic mass is 10.1. The number of hydrogen-bond acceptors (Lipinski definition) is 4. The van der Waals surface area contributed by atoms with Gasteiger partial charge in [-0.05, 0) is 37.5 Å². The maximum Gasteiger partial charge on any atom is 0.261 e. The zero-order valence-electron chi connectivity index (χ0n) is 16.2. The highest BCUT2D eigenvalue weighted by atomic mass is 32.2. The number of sulfonamides is 1. The molecule has 28 heavy (non-hydrogen) atoms. The Morgan fingerprint density at radius 3 is 2.61 bits per heavy atom. The summed E-state index contributed by atoms with van der Waals surface area (Å²) in [5.74, 6) is 0.194. The number of nitrogens with one attached hydrogen (secondary N) is 1. The third-order valence-electron chi connectivity index (χ3n) is 4.75. The number of para-hydroxylation sites is 2. The fourth-order valence-electron chi connectivity index (χ4n) is 3.23. The van der Waals surface area contributed by atoms with Crippen molar-refractivity contribution in [1.29, 1.82) is 0 Å². The van der Waals surface area contributed by atoms with Gasteiger partial charge in [0.1, 0.15) is 5.75 Å². The van der Waals surface area contributed by atoms with E-state index in [2.05, 4.69) is 36.5 Å². The summed E-state index contributed by atoms with van der Waals surface area (Å²) in [7, 11) is -3.44. The molecule has 1 N–H and O–H groups in total. The van der Waals surface area contributed by atoms with Crippen LogP contribution < -0.4 is 14.4 Å². The van der Waals surface area contributed by atoms with Crippen LogP contribution in [0, 0.1) is 6.92 Å². The van der Waals surface area contributed by atoms with Gasteiger partial charge in [-0.2, -0.15) is 0 Å². The van der Waals surface area contributed by atoms with Crippen molar-refractivity contribution in [3.8, 4) is 5.75 Å². The lowest BCUT2D eigenvalue weighted by Crippen LogP contribution is -2.40. The molecule has 0 aliphatic carbocycles. The van der Waals surface area contributed by atoms with Crippen LogP contribution in [0.5, 0.6) is 5.75 Å². The van der Waals surface area contributed by atoms with Crippen LogP contribution in [0.4, 0.5) is 5.69 Å². The molecule has 1 aliphatic rings. The lowest BCUT2D eigenvalue weighted by Gasteiger charge is -2.20. The minimum atomic E-state index is -3.44. The molecule has 0 spiro atoms. The number of fused-ring (bicyclic) bond motifs is 1. The molecule has 1 heterocycles. The highest BCUT2D eigenvalue weighted by Crippen LogP contribution is 2.33. The molecule has 2 aromatic carbocycles. The van der Waals surface area contributed by atoms with Gasteiger partial charge in [0.05, 0.1) is 11.9 Å². The summed E-state index contributed by atoms with van der Waals surface area (Å²) >= 11 is 0. The van der Waals surface area contributed by atoms with Crippen LogP contribution in [0.3, 0.4) is 0 Å². The zero-order chi connectivity index (χ0) is 20.1. The van der Waals surface area contributed by atoms with Crippen molar-refractivity contribution in [2.24, 2.45) is 0 Å². The largest absolute Gasteiger partial charge is 0.478 e. The van der Waals surface area contributed by atoms with E-state index >= 15 is 0 Å². The van der Waals surface area contributed by atoms with E-state index in [0.29, 0.717) is 24.4 Å². The molecule has 2 aromatic rings. The molecule has 0 saturated carbocycles. The zero-order valence-corrected chi connectivity index (χ0v) is 17.0. The van der Waals surface area contributed by atoms with Crippen molar-refractivity contribution >= 4 is 21.6 Å². The molecule has 150 valence electrons. The Kier molecular flexibility index (Phi) is 6.24. The Balaban J connectivity index is 1.58. The molecule has 0 fully saturated rings. The molecule has 1 aliphatic heterocycles. The second-order valence-electron chi connectivity index (χ2n) is 7.08. The van der Waals surface area contributed by atoms with Crippen LogP contribution >= 0.6 is 0 Å². The molecule has 3 rings (SSSR count). The second kappa shape index (κ2) is 8.65. The number of benzene rings is 2. The van der Waals surface area contributed by atoms with Crippen LogP contribution in [0.25, 0.3) is 0 Å². The molecule has 6 nitrogen and oxygen atoms in total. The molecule has 0 aromatic heterocycles. The van der Waals surface area contributed by atoms with Gasteiger partial charge >= 0.3 is 0 Å². The molecule has 0 radical (unpaired) electrons. The van der Waals surface area contributed by atoms with Gasteiger partial charge in [-0.25, -0.2) is 8.42 Å². The van der Waals surface area contributed by atoms with Gasteiger partial charge in [0, 0.05) is 19.5 Å². The second-order valence-corrected chi connectivity index (χ2v) is 8.99. The van der Waals surface area contributed by atoms with Crippen LogP contribution in [0.2, 0.25) is 0 Å². The first-order valence-electron chi connectivity index (χ1n) is 9.41. The van der Waals surface area contributed by atoms with E-state index < -0.39 is 16.1 Å². The number of rotatable bonds is 6. The van der Waals surface area contributed by atoms with Gasteiger partial charge in [0.25, 0.3) is 5.91 Å². The normalized spacial score (nSPS) is 16.6. The van der Waals surface area contributed by atoms with E-state index in [9.17, 15) is 13.2 Å². The Morgan fingerprint density at radius 1 is 1.18 bits per heavy atom. The number of amides is 1. The van der Waals surface area contributed by atoms with E-state index in [1.807, 2.05) is 0 Å². The first-order valence-corrected chi connectivity index (χ1v) is 11.3. The minimum Gasteiger partial charge on any atom is -0.478 e. The van der Waals surface area contributed by atoms with E-state index in [0.717, 1.165) is 19.1 Å². The summed E-state index contributed by atoms with van der Waals surface area (Å²) in [5.41, 5.74) is 2.94. The number of aryl methyl sites for hydroxylation is 2. The van der Waals surface area contributed by atoms with Gasteiger partial charge < -0.3 is 10.1 Å². The average molecular weight is 403 g/mol. The van der Waals surface area contributed by atoms with Gasteiger partial charge in [-0.15, -0.1) is 0 Å². The molecule has 1 amide bonds. The third-order valence-corrected chi connectivity index (χ3v) is 5.93. The van der Waals surface area contributed by atoms with Gasteiger partial charge in [0.2, 0.25) is 10.0 Å². The SMILES string of the molecule is Cc1ccc(CCCNC(=O)[C@@H]2CCN(S(C)(=O)=O)c3ccccc3O2)cc1. The first kappa shape index (κ1) is 20.2. The molecule has 7 heteroatoms. The quantitative estimate of drug-likeness (QED) is 0.754. The number of nitrogens with zero attached hydrogens (tertiary/aromatic N) is 1. The molecule has 1 atom stereocenters. The van der Waals surface area contributed by atoms with Crippen LogP contribution in [-0.2, 0) is 21.2 Å². The fourth-order valence-corrected chi connectivity index (χ4v) is 4.18. The van der Waals surface area contributed by atoms with Crippen molar-refractivity contribution in [3.05, 3.63) is 59.7 Å². The Labute approximate surface area is 166 Å². The number of anilines is 1. The van der Waals surface area contributed by atoms with Crippen molar-refractivity contribution in [2.75, 3.05) is 23.7 Å². The highest BCUT2D eigenvalue weighted by Gasteiger charge is 2.30. The molecular formula is C21H26N2O4S. The Morgan fingerprint density at radius 2 is 1.89 bits per heavy atom. The van der Waals surface area contributed by atoms with Gasteiger partial charge in [-0.1, -0.05) is 42.0 Å². The fraction of sp³-hybridized carbons (Fsp3) is 0.381. The molecule has 0 unspecified atom stereocenters.